The first-order valence-electron chi connectivity index (χ1n) is 30.4. The highest BCUT2D eigenvalue weighted by Gasteiger charge is 2.28. The van der Waals surface area contributed by atoms with Gasteiger partial charge < -0.3 is 42.6 Å². The minimum Gasteiger partial charge on any atom is -0.494 e. The molecule has 0 saturated heterocycles. The summed E-state index contributed by atoms with van der Waals surface area (Å²) in [5.74, 6) is 0.219. The Labute approximate surface area is 503 Å². The van der Waals surface area contributed by atoms with E-state index in [2.05, 4.69) is 20.8 Å². The van der Waals surface area contributed by atoms with Crippen LogP contribution in [0.1, 0.15) is 196 Å². The van der Waals surface area contributed by atoms with Gasteiger partial charge in [0, 0.05) is 18.2 Å². The van der Waals surface area contributed by atoms with E-state index < -0.39 is 34.2 Å². The molecule has 0 aromatic heterocycles. The third-order valence-corrected chi connectivity index (χ3v) is 13.7. The zero-order chi connectivity index (χ0) is 62.5. The molecular weight excluding hydrogens is 1070 g/mol. The van der Waals surface area contributed by atoms with Crippen molar-refractivity contribution >= 4 is 54.0 Å². The van der Waals surface area contributed by atoms with Gasteiger partial charge in [-0.3, -0.25) is 14.4 Å². The number of unbranched alkanes of at least 4 members (excludes halogenated alkanes) is 9. The van der Waals surface area contributed by atoms with Gasteiger partial charge in [-0.15, -0.1) is 0 Å². The second kappa shape index (κ2) is 44.6. The van der Waals surface area contributed by atoms with Crippen LogP contribution in [0.15, 0.2) is 91.0 Å². The van der Waals surface area contributed by atoms with E-state index in [1.54, 1.807) is 18.2 Å². The molecule has 3 rings (SSSR count). The Balaban J connectivity index is 0.000000630. The monoisotopic (exact) mass is 1170 g/mol. The van der Waals surface area contributed by atoms with Crippen molar-refractivity contribution in [2.24, 2.45) is 16.2 Å². The first-order chi connectivity index (χ1) is 40.2. The van der Waals surface area contributed by atoms with Crippen LogP contribution in [0.5, 0.6) is 17.2 Å². The molecule has 468 valence electrons. The van der Waals surface area contributed by atoms with E-state index in [1.165, 1.54) is 76.0 Å². The van der Waals surface area contributed by atoms with Crippen molar-refractivity contribution in [1.29, 1.82) is 0 Å². The Morgan fingerprint density at radius 2 is 0.536 bits per heavy atom. The maximum Gasteiger partial charge on any atom is 0.330 e. The SMILES string of the molecule is CCCCCCCOc1ccc(/C=C/C(=O)OCCOC(=O)C(C)(C)CC)cc1.CCCCCCOc1ccc(/C=C/C(=O)OCCOC(=O)C(C)(C)CC)cc1.CCCCCOc1ccc(/C=C/C(=O)OCCOC(=O)C(C)(C)CC)cc1. The molecule has 0 aliphatic rings. The summed E-state index contributed by atoms with van der Waals surface area (Å²) in [4.78, 5) is 70.6. The third kappa shape index (κ3) is 35.9. The van der Waals surface area contributed by atoms with Crippen LogP contribution in [0.25, 0.3) is 18.2 Å². The van der Waals surface area contributed by atoms with Gasteiger partial charge in [-0.2, -0.15) is 0 Å². The quantitative estimate of drug-likeness (QED) is 0.0227. The Morgan fingerprint density at radius 3 is 0.798 bits per heavy atom. The highest BCUT2D eigenvalue weighted by molar-refractivity contribution is 5.88. The van der Waals surface area contributed by atoms with Crippen molar-refractivity contribution in [3.63, 3.8) is 0 Å². The standard InChI is InChI=1S/C24H36O5.C23H34O5.C22H32O5/c1-5-7-8-9-10-17-27-21-14-11-20(12-15-21)13-16-22(25)28-18-19-29-23(26)24(3,4)6-2;1-5-7-8-9-16-26-20-13-10-19(11-14-20)12-15-21(24)27-17-18-28-22(25)23(3,4)6-2;1-5-7-8-15-25-19-12-9-18(10-13-19)11-14-20(23)26-16-17-27-21(24)22(3,4)6-2/h11-16H,5-10,17-19H2,1-4H3;10-15H,5-9,16-18H2,1-4H3;9-14H,5-8,15-17H2,1-4H3/b16-13+;15-12+;14-11+. The first kappa shape index (κ1) is 75.1. The van der Waals surface area contributed by atoms with Gasteiger partial charge in [-0.25, -0.2) is 14.4 Å². The van der Waals surface area contributed by atoms with Crippen LogP contribution >= 0.6 is 0 Å². The Bertz CT molecular complexity index is 2380. The van der Waals surface area contributed by atoms with E-state index in [1.807, 2.05) is 135 Å². The third-order valence-electron chi connectivity index (χ3n) is 13.7. The average molecular weight is 1170 g/mol. The molecule has 0 saturated carbocycles. The fraction of sp³-hybridized carbons (Fsp3) is 0.565. The van der Waals surface area contributed by atoms with Gasteiger partial charge in [0.05, 0.1) is 36.1 Å². The molecule has 0 unspecified atom stereocenters. The lowest BCUT2D eigenvalue weighted by molar-refractivity contribution is -0.158. The number of carbonyl (C=O) groups excluding carboxylic acids is 6. The predicted octanol–water partition coefficient (Wildman–Crippen LogP) is 15.5. The summed E-state index contributed by atoms with van der Waals surface area (Å²) >= 11 is 0. The van der Waals surface area contributed by atoms with Crippen molar-refractivity contribution in [3.05, 3.63) is 108 Å². The van der Waals surface area contributed by atoms with Crippen LogP contribution in [0, 0.1) is 16.2 Å². The van der Waals surface area contributed by atoms with Gasteiger partial charge in [-0.1, -0.05) is 136 Å². The fourth-order valence-corrected chi connectivity index (χ4v) is 6.67. The number of hydrogen-bond acceptors (Lipinski definition) is 15. The topological polar surface area (TPSA) is 185 Å². The molecule has 0 atom stereocenters. The molecule has 0 heterocycles. The second-order valence-corrected chi connectivity index (χ2v) is 22.1. The van der Waals surface area contributed by atoms with Crippen LogP contribution in [0.3, 0.4) is 0 Å². The summed E-state index contributed by atoms with van der Waals surface area (Å²) in [7, 11) is 0. The zero-order valence-electron chi connectivity index (χ0n) is 53.0. The van der Waals surface area contributed by atoms with Gasteiger partial charge >= 0.3 is 35.8 Å². The number of esters is 6. The molecule has 0 N–H and O–H groups in total. The molecular formula is C69H102O15. The Kier molecular flexibility index (Phi) is 39.9. The lowest BCUT2D eigenvalue weighted by atomic mass is 9.91. The molecule has 84 heavy (non-hydrogen) atoms. The van der Waals surface area contributed by atoms with Crippen molar-refractivity contribution in [2.75, 3.05) is 59.5 Å². The maximum absolute atomic E-state index is 11.8. The Hall–Kier alpha value is -6.90. The Morgan fingerprint density at radius 1 is 0.310 bits per heavy atom. The van der Waals surface area contributed by atoms with E-state index in [-0.39, 0.29) is 57.5 Å². The highest BCUT2D eigenvalue weighted by atomic mass is 16.6. The van der Waals surface area contributed by atoms with Gasteiger partial charge in [0.1, 0.15) is 56.9 Å². The molecule has 15 nitrogen and oxygen atoms in total. The molecule has 0 amide bonds. The minimum atomic E-state index is -0.519. The highest BCUT2D eigenvalue weighted by Crippen LogP contribution is 2.24. The lowest BCUT2D eigenvalue weighted by Gasteiger charge is -2.20. The van der Waals surface area contributed by atoms with Crippen molar-refractivity contribution in [2.45, 2.75) is 179 Å². The van der Waals surface area contributed by atoms with Crippen molar-refractivity contribution in [1.82, 2.24) is 0 Å². The second-order valence-electron chi connectivity index (χ2n) is 22.1. The molecule has 0 bridgehead atoms. The maximum atomic E-state index is 11.8. The zero-order valence-corrected chi connectivity index (χ0v) is 53.0. The summed E-state index contributed by atoms with van der Waals surface area (Å²) < 4.78 is 47.6. The summed E-state index contributed by atoms with van der Waals surface area (Å²) in [6, 6.07) is 22.7. The van der Waals surface area contributed by atoms with E-state index in [0.29, 0.717) is 19.3 Å². The molecule has 0 spiro atoms. The van der Waals surface area contributed by atoms with Crippen molar-refractivity contribution in [3.8, 4) is 17.2 Å². The van der Waals surface area contributed by atoms with E-state index >= 15 is 0 Å². The minimum absolute atomic E-state index is 0.0409. The summed E-state index contributed by atoms with van der Waals surface area (Å²) in [5, 5.41) is 0. The molecule has 3 aromatic rings. The van der Waals surface area contributed by atoms with Crippen LogP contribution < -0.4 is 14.2 Å². The summed E-state index contributed by atoms with van der Waals surface area (Å²) in [6.45, 7) is 25.8. The molecule has 0 radical (unpaired) electrons. The van der Waals surface area contributed by atoms with Gasteiger partial charge in [-0.05, 0) is 151 Å². The fourth-order valence-electron chi connectivity index (χ4n) is 6.67. The molecule has 3 aromatic carbocycles. The number of rotatable bonds is 39. The number of ether oxygens (including phenoxy) is 9. The smallest absolute Gasteiger partial charge is 0.330 e. The molecule has 0 aliphatic carbocycles. The first-order valence-corrected chi connectivity index (χ1v) is 30.4. The average Bonchev–Trinajstić information content (AvgIpc) is 3.58. The van der Waals surface area contributed by atoms with E-state index in [0.717, 1.165) is 73.0 Å². The van der Waals surface area contributed by atoms with Gasteiger partial charge in [0.2, 0.25) is 0 Å². The largest absolute Gasteiger partial charge is 0.494 e. The summed E-state index contributed by atoms with van der Waals surface area (Å²) in [5.41, 5.74) is 1.09. The molecule has 15 heteroatoms. The normalized spacial score (nSPS) is 11.4. The molecule has 0 aliphatic heterocycles. The van der Waals surface area contributed by atoms with Gasteiger partial charge in [0.15, 0.2) is 0 Å². The van der Waals surface area contributed by atoms with E-state index in [9.17, 15) is 28.8 Å². The summed E-state index contributed by atoms with van der Waals surface area (Å²) in [6.07, 6.45) is 25.3. The number of hydrogen-bond donors (Lipinski definition) is 0. The number of carbonyl (C=O) groups is 6. The van der Waals surface area contributed by atoms with Crippen molar-refractivity contribution < 1.29 is 71.4 Å². The molecule has 0 fully saturated rings. The van der Waals surface area contributed by atoms with Gasteiger partial charge in [0.25, 0.3) is 0 Å². The van der Waals surface area contributed by atoms with Crippen LogP contribution in [0.4, 0.5) is 0 Å². The van der Waals surface area contributed by atoms with Crippen LogP contribution in [-0.2, 0) is 57.2 Å². The van der Waals surface area contributed by atoms with Crippen LogP contribution in [-0.4, -0.2) is 95.3 Å². The predicted molar refractivity (Wildman–Crippen MR) is 333 cm³/mol. The number of benzene rings is 3. The van der Waals surface area contributed by atoms with E-state index in [4.69, 9.17) is 42.6 Å². The lowest BCUT2D eigenvalue weighted by Crippen LogP contribution is -2.27. The van der Waals surface area contributed by atoms with Crippen LogP contribution in [0.2, 0.25) is 0 Å².